The maximum Gasteiger partial charge on any atom is 0.422 e. The first-order valence-corrected chi connectivity index (χ1v) is 10.6. The van der Waals surface area contributed by atoms with Crippen molar-refractivity contribution in [1.82, 2.24) is 25.1 Å². The molecule has 0 radical (unpaired) electrons. The second-order valence-corrected chi connectivity index (χ2v) is 8.07. The normalized spacial score (nSPS) is 13.9. The first-order valence-electron chi connectivity index (χ1n) is 9.83. The Balaban J connectivity index is 1.80. The van der Waals surface area contributed by atoms with Crippen molar-refractivity contribution in [3.05, 3.63) is 40.6 Å². The summed E-state index contributed by atoms with van der Waals surface area (Å²) in [5.41, 5.74) is 0.383. The molecule has 0 atom stereocenters. The fourth-order valence-corrected chi connectivity index (χ4v) is 3.65. The third kappa shape index (κ3) is 5.83. The minimum Gasteiger partial charge on any atom is -0.483 e. The van der Waals surface area contributed by atoms with Crippen LogP contribution in [0.4, 0.5) is 26.3 Å². The van der Waals surface area contributed by atoms with Crippen LogP contribution in [0.25, 0.3) is 22.8 Å². The lowest BCUT2D eigenvalue weighted by atomic mass is 10.1. The first kappa shape index (κ1) is 24.8. The lowest BCUT2D eigenvalue weighted by molar-refractivity contribution is -0.153. The zero-order chi connectivity index (χ0) is 25.4. The van der Waals surface area contributed by atoms with Gasteiger partial charge in [-0.25, -0.2) is 9.97 Å². The largest absolute Gasteiger partial charge is 0.483 e. The third-order valence-corrected chi connectivity index (χ3v) is 5.23. The summed E-state index contributed by atoms with van der Waals surface area (Å²) in [6.45, 7) is -2.64. The Bertz CT molecular complexity index is 1260. The monoisotopic (exact) mass is 565 g/mol. The molecule has 2 aromatic heterocycles. The lowest BCUT2D eigenvalue weighted by Gasteiger charge is -2.18. The lowest BCUT2D eigenvalue weighted by Crippen LogP contribution is -2.35. The van der Waals surface area contributed by atoms with Gasteiger partial charge in [0, 0.05) is 12.7 Å². The van der Waals surface area contributed by atoms with Crippen molar-refractivity contribution in [3.63, 3.8) is 0 Å². The quantitative estimate of drug-likeness (QED) is 0.446. The van der Waals surface area contributed by atoms with E-state index in [2.05, 4.69) is 36.3 Å². The number of nitrogens with zero attached hydrogens (tertiary/aromatic N) is 4. The summed E-state index contributed by atoms with van der Waals surface area (Å²) < 4.78 is 88.2. The van der Waals surface area contributed by atoms with Gasteiger partial charge in [-0.3, -0.25) is 9.48 Å². The number of hydrogen-bond donors (Lipinski definition) is 1. The predicted octanol–water partition coefficient (Wildman–Crippen LogP) is 4.40. The van der Waals surface area contributed by atoms with E-state index in [9.17, 15) is 31.1 Å². The van der Waals surface area contributed by atoms with Gasteiger partial charge in [0.05, 0.1) is 16.7 Å². The number of amides is 1. The van der Waals surface area contributed by atoms with Crippen molar-refractivity contribution >= 4 is 21.8 Å². The van der Waals surface area contributed by atoms with Crippen molar-refractivity contribution in [3.8, 4) is 34.3 Å². The second kappa shape index (κ2) is 9.36. The Labute approximate surface area is 201 Å². The molecule has 0 unspecified atom stereocenters. The molecule has 186 valence electrons. The molecule has 8 nitrogen and oxygen atoms in total. The van der Waals surface area contributed by atoms with Gasteiger partial charge in [0.2, 0.25) is 0 Å². The topological polar surface area (TPSA) is 91.2 Å². The Kier molecular flexibility index (Phi) is 6.62. The van der Waals surface area contributed by atoms with E-state index in [1.807, 2.05) is 0 Å². The minimum atomic E-state index is -4.72. The van der Waals surface area contributed by atoms with E-state index in [1.54, 1.807) is 0 Å². The van der Waals surface area contributed by atoms with E-state index in [-0.39, 0.29) is 38.8 Å². The number of carbonyl (C=O) groups excluding carboxylic acids is 1. The molecule has 15 heteroatoms. The number of hydrogen-bond acceptors (Lipinski definition) is 6. The molecule has 0 bridgehead atoms. The Hall–Kier alpha value is -3.36. The highest BCUT2D eigenvalue weighted by Crippen LogP contribution is 2.43. The van der Waals surface area contributed by atoms with Crippen LogP contribution in [0, 0.1) is 0 Å². The number of carbonyl (C=O) groups is 1. The van der Waals surface area contributed by atoms with Gasteiger partial charge in [0.15, 0.2) is 19.0 Å². The zero-order valence-corrected chi connectivity index (χ0v) is 19.0. The van der Waals surface area contributed by atoms with Gasteiger partial charge < -0.3 is 14.8 Å². The van der Waals surface area contributed by atoms with Crippen LogP contribution < -0.4 is 14.8 Å². The maximum absolute atomic E-state index is 12.8. The highest BCUT2D eigenvalue weighted by molar-refractivity contribution is 9.10. The Morgan fingerprint density at radius 1 is 1.03 bits per heavy atom. The van der Waals surface area contributed by atoms with Gasteiger partial charge >= 0.3 is 12.4 Å². The average Bonchev–Trinajstić information content (AvgIpc) is 3.22. The average molecular weight is 566 g/mol. The highest BCUT2D eigenvalue weighted by Gasteiger charge is 2.32. The third-order valence-electron chi connectivity index (χ3n) is 4.61. The molecule has 1 amide bonds. The Morgan fingerprint density at radius 3 is 2.43 bits per heavy atom. The second-order valence-electron chi connectivity index (χ2n) is 7.22. The fraction of sp³-hybridized carbons (Fsp3) is 0.300. The first-order chi connectivity index (χ1) is 16.4. The van der Waals surface area contributed by atoms with Crippen LogP contribution in [-0.2, 0) is 6.54 Å². The molecular weight excluding hydrogens is 552 g/mol. The molecular formula is C20H14BrF6N5O3. The molecule has 1 aromatic carbocycles. The van der Waals surface area contributed by atoms with Gasteiger partial charge in [-0.2, -0.15) is 31.4 Å². The highest BCUT2D eigenvalue weighted by atomic mass is 79.9. The van der Waals surface area contributed by atoms with E-state index in [0.29, 0.717) is 13.1 Å². The summed E-state index contributed by atoms with van der Waals surface area (Å²) in [5.74, 6) is -1.51. The van der Waals surface area contributed by atoms with Gasteiger partial charge in [0.25, 0.3) is 5.91 Å². The van der Waals surface area contributed by atoms with Gasteiger partial charge in [-0.15, -0.1) is 0 Å². The molecule has 3 heterocycles. The number of benzene rings is 1. The molecule has 35 heavy (non-hydrogen) atoms. The SMILES string of the molecule is O=C1NCCn2nc(-c3ccnc(-c4c(OCC(F)(F)F)ccc(Br)c4OCC(F)(F)F)n3)cc21. The van der Waals surface area contributed by atoms with Crippen LogP contribution in [0.15, 0.2) is 34.9 Å². The fourth-order valence-electron chi connectivity index (χ4n) is 3.21. The van der Waals surface area contributed by atoms with Crippen LogP contribution >= 0.6 is 15.9 Å². The molecule has 0 saturated heterocycles. The van der Waals surface area contributed by atoms with E-state index in [1.165, 1.54) is 29.1 Å². The van der Waals surface area contributed by atoms with Crippen LogP contribution in [0.1, 0.15) is 10.5 Å². The maximum atomic E-state index is 12.8. The van der Waals surface area contributed by atoms with Crippen molar-refractivity contribution in [1.29, 1.82) is 0 Å². The number of nitrogens with one attached hydrogen (secondary N) is 1. The molecule has 0 spiro atoms. The van der Waals surface area contributed by atoms with Crippen molar-refractivity contribution < 1.29 is 40.6 Å². The van der Waals surface area contributed by atoms with E-state index in [0.717, 1.165) is 6.07 Å². The molecule has 1 aliphatic heterocycles. The van der Waals surface area contributed by atoms with Crippen molar-refractivity contribution in [2.24, 2.45) is 0 Å². The van der Waals surface area contributed by atoms with Gasteiger partial charge in [-0.05, 0) is 40.2 Å². The zero-order valence-electron chi connectivity index (χ0n) is 17.4. The number of ether oxygens (including phenoxy) is 2. The summed E-state index contributed by atoms with van der Waals surface area (Å²) >= 11 is 3.06. The van der Waals surface area contributed by atoms with Crippen molar-refractivity contribution in [2.45, 2.75) is 18.9 Å². The van der Waals surface area contributed by atoms with Gasteiger partial charge in [0.1, 0.15) is 28.5 Å². The van der Waals surface area contributed by atoms with E-state index in [4.69, 9.17) is 9.47 Å². The number of aromatic nitrogens is 4. The van der Waals surface area contributed by atoms with Crippen LogP contribution in [0.3, 0.4) is 0 Å². The van der Waals surface area contributed by atoms with E-state index < -0.39 is 37.1 Å². The molecule has 0 fully saturated rings. The van der Waals surface area contributed by atoms with Gasteiger partial charge in [-0.1, -0.05) is 0 Å². The van der Waals surface area contributed by atoms with Crippen LogP contribution in [0.2, 0.25) is 0 Å². The summed E-state index contributed by atoms with van der Waals surface area (Å²) in [4.78, 5) is 20.3. The minimum absolute atomic E-state index is 0.0132. The van der Waals surface area contributed by atoms with Crippen LogP contribution in [0.5, 0.6) is 11.5 Å². The summed E-state index contributed by atoms with van der Waals surface area (Å²) in [5, 5.41) is 6.96. The number of halogens is 7. The van der Waals surface area contributed by atoms with Crippen molar-refractivity contribution in [2.75, 3.05) is 19.8 Å². The molecule has 1 aliphatic rings. The molecule has 3 aromatic rings. The number of alkyl halides is 6. The number of rotatable bonds is 6. The van der Waals surface area contributed by atoms with Crippen LogP contribution in [-0.4, -0.2) is 57.8 Å². The predicted molar refractivity (Wildman–Crippen MR) is 112 cm³/mol. The Morgan fingerprint density at radius 2 is 1.74 bits per heavy atom. The van der Waals surface area contributed by atoms with E-state index >= 15 is 0 Å². The molecule has 1 N–H and O–H groups in total. The summed E-state index contributed by atoms with van der Waals surface area (Å²) in [6.07, 6.45) is -8.19. The molecule has 0 aliphatic carbocycles. The summed E-state index contributed by atoms with van der Waals surface area (Å²) in [7, 11) is 0. The molecule has 4 rings (SSSR count). The number of fused-ring (bicyclic) bond motifs is 1. The molecule has 0 saturated carbocycles. The summed E-state index contributed by atoms with van der Waals surface area (Å²) in [6, 6.07) is 5.21. The smallest absolute Gasteiger partial charge is 0.422 e. The standard InChI is InChI=1S/C20H14BrF6N5O3/c21-10-1-2-14(34-8-19(22,23)24)15(16(10)35-9-20(25,26)27)17-28-4-3-11(30-17)12-7-13-18(33)29-5-6-32(13)31-12/h1-4,7H,5-6,8-9H2,(H,29,33).